The first-order valence-corrected chi connectivity index (χ1v) is 14.1. The number of phosphoric ester groups is 2. The zero-order valence-electron chi connectivity index (χ0n) is 20.3. The maximum absolute atomic E-state index is 12.6. The first-order valence-electron chi connectivity index (χ1n) is 11.1. The third-order valence-electron chi connectivity index (χ3n) is 4.87. The summed E-state index contributed by atoms with van der Waals surface area (Å²) in [6.45, 7) is 8.85. The first kappa shape index (κ1) is 30.5. The van der Waals surface area contributed by atoms with E-state index in [9.17, 15) is 18.9 Å². The molecule has 5 radical (unpaired) electrons. The Labute approximate surface area is 205 Å². The summed E-state index contributed by atoms with van der Waals surface area (Å²) >= 11 is 0. The van der Waals surface area contributed by atoms with E-state index < -0.39 is 58.7 Å². The molecule has 0 aromatic heterocycles. The topological polar surface area (TPSA) is 139 Å². The van der Waals surface area contributed by atoms with Crippen molar-refractivity contribution in [2.24, 2.45) is 5.41 Å². The van der Waals surface area contributed by atoms with Crippen LogP contribution in [0.1, 0.15) is 47.5 Å². The predicted octanol–water partition coefficient (Wildman–Crippen LogP) is 1.65. The molecule has 2 unspecified atom stereocenters. The van der Waals surface area contributed by atoms with Gasteiger partial charge in [-0.25, -0.2) is 9.13 Å². The van der Waals surface area contributed by atoms with Crippen molar-refractivity contribution in [2.45, 2.75) is 90.0 Å². The van der Waals surface area contributed by atoms with E-state index in [1.54, 1.807) is 0 Å². The van der Waals surface area contributed by atoms with Gasteiger partial charge in [0.2, 0.25) is 0 Å². The summed E-state index contributed by atoms with van der Waals surface area (Å²) in [5.74, 6) is 0. The maximum Gasteiger partial charge on any atom is 0.472 e. The van der Waals surface area contributed by atoms with E-state index in [1.165, 1.54) is 7.17 Å². The lowest BCUT2D eigenvalue weighted by atomic mass is 9.51. The highest BCUT2D eigenvalue weighted by atomic mass is 31.2. The van der Waals surface area contributed by atoms with Gasteiger partial charge in [0.15, 0.2) is 0 Å². The zero-order valence-corrected chi connectivity index (χ0v) is 22.1. The Morgan fingerprint density at radius 1 is 1.00 bits per heavy atom. The Balaban J connectivity index is 1.93. The van der Waals surface area contributed by atoms with Gasteiger partial charge in [-0.2, -0.15) is 0 Å². The highest BCUT2D eigenvalue weighted by Crippen LogP contribution is 2.50. The monoisotopic (exact) mass is 521 g/mol. The number of hydrogen-bond acceptors (Lipinski definition) is 9. The molecule has 8 atom stereocenters. The number of ether oxygens (including phenoxy) is 3. The van der Waals surface area contributed by atoms with Gasteiger partial charge in [0.1, 0.15) is 20.1 Å². The lowest BCUT2D eigenvalue weighted by molar-refractivity contribution is -0.0513. The van der Waals surface area contributed by atoms with Crippen LogP contribution in [0.15, 0.2) is 0 Å². The van der Waals surface area contributed by atoms with Crippen LogP contribution in [0.5, 0.6) is 0 Å². The molecule has 0 aromatic carbocycles. The molecule has 2 aliphatic rings. The van der Waals surface area contributed by atoms with Crippen LogP contribution < -0.4 is 0 Å². The van der Waals surface area contributed by atoms with Crippen molar-refractivity contribution < 1.29 is 51.2 Å². The first-order chi connectivity index (χ1) is 15.6. The van der Waals surface area contributed by atoms with Crippen molar-refractivity contribution in [2.75, 3.05) is 19.8 Å². The fraction of sp³-hybridized carbons (Fsp3) is 1.00. The molecule has 11 nitrogen and oxygen atoms in total. The molecule has 2 rings (SSSR count). The predicted molar refractivity (Wildman–Crippen MR) is 126 cm³/mol. The Morgan fingerprint density at radius 3 is 2.12 bits per heavy atom. The molecule has 0 amide bonds. The molecule has 191 valence electrons. The molecule has 0 bridgehead atoms. The van der Waals surface area contributed by atoms with E-state index in [0.29, 0.717) is 0 Å². The standard InChI is InChI=1S/C18H34B3O11P2/c1-11(2)26-8-14-13(7-17(21-20)30-14)32-33(22,23)27-9-15-12(6-16(19)29-15)31-34(24,25)28-10-18(3,4)5/h11-17H,6-10H2,1-5H3,(H,22,23)(H,24,25)/t12-,13-,14-,15-,16-,17-/m1/s1. The highest BCUT2D eigenvalue weighted by Gasteiger charge is 2.43. The SMILES string of the molecule is [B][B][C@H]1C[C@@H](OP(=O)(O)OC[C@H]2O[C@@H]([B])C[C@H]2OP(=O)(O)OCC(C)(C)C)[C@@H](COC(C)C)O1. The molecule has 34 heavy (non-hydrogen) atoms. The largest absolute Gasteiger partial charge is 0.472 e. The Bertz CT molecular complexity index is 738. The summed E-state index contributed by atoms with van der Waals surface area (Å²) in [5, 5.41) is 0. The minimum absolute atomic E-state index is 0.0202. The van der Waals surface area contributed by atoms with Crippen LogP contribution in [0.25, 0.3) is 0 Å². The van der Waals surface area contributed by atoms with E-state index in [0.717, 1.165) is 0 Å². The second-order valence-electron chi connectivity index (χ2n) is 9.83. The lowest BCUT2D eigenvalue weighted by Crippen LogP contribution is -2.31. The number of rotatable bonds is 13. The van der Waals surface area contributed by atoms with Crippen molar-refractivity contribution in [1.82, 2.24) is 0 Å². The number of phosphoric acid groups is 2. The molecule has 2 heterocycles. The Kier molecular flexibility index (Phi) is 11.4. The molecule has 0 saturated carbocycles. The third kappa shape index (κ3) is 10.7. The molecule has 0 aromatic rings. The average Bonchev–Trinajstić information content (AvgIpc) is 3.24. The molecule has 2 fully saturated rings. The van der Waals surface area contributed by atoms with Crippen LogP contribution in [0.2, 0.25) is 0 Å². The highest BCUT2D eigenvalue weighted by molar-refractivity contribution is 7.47. The van der Waals surface area contributed by atoms with Gasteiger partial charge in [-0.05, 0) is 32.1 Å². The third-order valence-corrected chi connectivity index (χ3v) is 6.87. The smallest absolute Gasteiger partial charge is 0.380 e. The van der Waals surface area contributed by atoms with Gasteiger partial charge in [0.25, 0.3) is 0 Å². The van der Waals surface area contributed by atoms with Gasteiger partial charge in [-0.3, -0.25) is 18.1 Å². The van der Waals surface area contributed by atoms with Crippen LogP contribution >= 0.6 is 15.6 Å². The fourth-order valence-corrected chi connectivity index (χ4v) is 5.40. The minimum atomic E-state index is -4.58. The molecule has 2 N–H and O–H groups in total. The summed E-state index contributed by atoms with van der Waals surface area (Å²) < 4.78 is 62.2. The average molecular weight is 521 g/mol. The zero-order chi connectivity index (χ0) is 25.7. The summed E-state index contributed by atoms with van der Waals surface area (Å²) in [4.78, 5) is 20.3. The van der Waals surface area contributed by atoms with Gasteiger partial charge in [0.05, 0.1) is 45.3 Å². The summed E-state index contributed by atoms with van der Waals surface area (Å²) in [7, 11) is 3.65. The van der Waals surface area contributed by atoms with E-state index in [-0.39, 0.29) is 37.6 Å². The quantitative estimate of drug-likeness (QED) is 0.270. The van der Waals surface area contributed by atoms with Gasteiger partial charge in [-0.1, -0.05) is 20.8 Å². The van der Waals surface area contributed by atoms with E-state index in [2.05, 4.69) is 0 Å². The second-order valence-corrected chi connectivity index (χ2v) is 12.6. The Hall–Kier alpha value is 0.295. The maximum atomic E-state index is 12.6. The van der Waals surface area contributed by atoms with E-state index in [4.69, 9.17) is 47.9 Å². The molecule has 16 heteroatoms. The molecule has 2 aliphatic heterocycles. The molecular weight excluding hydrogens is 487 g/mol. The fourth-order valence-electron chi connectivity index (χ4n) is 3.27. The van der Waals surface area contributed by atoms with Crippen molar-refractivity contribution in [3.63, 3.8) is 0 Å². The van der Waals surface area contributed by atoms with Gasteiger partial charge >= 0.3 is 15.6 Å². The van der Waals surface area contributed by atoms with Gasteiger partial charge < -0.3 is 24.0 Å². The van der Waals surface area contributed by atoms with Crippen molar-refractivity contribution >= 4 is 38.4 Å². The van der Waals surface area contributed by atoms with Gasteiger partial charge in [-0.15, -0.1) is 0 Å². The summed E-state index contributed by atoms with van der Waals surface area (Å²) in [5.41, 5.74) is -0.365. The molecular formula is C18H34B3O11P2. The van der Waals surface area contributed by atoms with Crippen molar-refractivity contribution in [1.29, 1.82) is 0 Å². The van der Waals surface area contributed by atoms with Crippen LogP contribution in [0.4, 0.5) is 0 Å². The molecule has 0 aliphatic carbocycles. The molecule has 2 saturated heterocycles. The summed E-state index contributed by atoms with van der Waals surface area (Å²) in [6, 6.07) is -1.28. The second kappa shape index (κ2) is 12.7. The number of hydrogen-bond donors (Lipinski definition) is 2. The van der Waals surface area contributed by atoms with Crippen LogP contribution in [0, 0.1) is 5.41 Å². The van der Waals surface area contributed by atoms with Gasteiger partial charge in [0, 0.05) is 19.7 Å². The van der Waals surface area contributed by atoms with Crippen LogP contribution in [-0.4, -0.2) is 94.9 Å². The minimum Gasteiger partial charge on any atom is -0.380 e. The lowest BCUT2D eigenvalue weighted by Gasteiger charge is -2.25. The Morgan fingerprint density at radius 2 is 1.56 bits per heavy atom. The summed E-state index contributed by atoms with van der Waals surface area (Å²) in [6.07, 6.45) is -3.19. The van der Waals surface area contributed by atoms with Crippen LogP contribution in [-0.2, 0) is 41.4 Å². The van der Waals surface area contributed by atoms with Crippen molar-refractivity contribution in [3.8, 4) is 0 Å². The van der Waals surface area contributed by atoms with Crippen molar-refractivity contribution in [3.05, 3.63) is 0 Å². The van der Waals surface area contributed by atoms with E-state index >= 15 is 0 Å². The normalized spacial score (nSPS) is 33.6. The van der Waals surface area contributed by atoms with Crippen LogP contribution in [0.3, 0.4) is 0 Å². The molecule has 0 spiro atoms. The van der Waals surface area contributed by atoms with E-state index in [1.807, 2.05) is 34.6 Å².